The first-order chi connectivity index (χ1) is 10.2. The topological polar surface area (TPSA) is 39.9 Å². The summed E-state index contributed by atoms with van der Waals surface area (Å²) in [7, 11) is 0. The van der Waals surface area contributed by atoms with Crippen LogP contribution in [0.3, 0.4) is 0 Å². The highest BCUT2D eigenvalue weighted by molar-refractivity contribution is 6.32. The second kappa shape index (κ2) is 5.75. The molecule has 2 heterocycles. The molecule has 1 aliphatic rings. The van der Waals surface area contributed by atoms with Gasteiger partial charge in [0.2, 0.25) is 0 Å². The summed E-state index contributed by atoms with van der Waals surface area (Å²) in [4.78, 5) is 6.48. The van der Waals surface area contributed by atoms with E-state index in [9.17, 15) is 0 Å². The molecule has 0 amide bonds. The molecule has 1 aliphatic heterocycles. The van der Waals surface area contributed by atoms with E-state index in [0.29, 0.717) is 16.6 Å². The van der Waals surface area contributed by atoms with Crippen LogP contribution in [0.1, 0.15) is 35.6 Å². The summed E-state index contributed by atoms with van der Waals surface area (Å²) < 4.78 is 0. The van der Waals surface area contributed by atoms with Crippen LogP contribution in [0.5, 0.6) is 0 Å². The Hall–Kier alpha value is -2.05. The predicted octanol–water partition coefficient (Wildman–Crippen LogP) is 4.26. The first-order valence-corrected chi connectivity index (χ1v) is 7.46. The van der Waals surface area contributed by atoms with E-state index >= 15 is 0 Å². The van der Waals surface area contributed by atoms with E-state index in [1.165, 1.54) is 5.56 Å². The normalized spacial score (nSPS) is 17.8. The average Bonchev–Trinajstić information content (AvgIpc) is 3.00. The van der Waals surface area contributed by atoms with Gasteiger partial charge in [0.15, 0.2) is 0 Å². The van der Waals surface area contributed by atoms with Gasteiger partial charge in [-0.15, -0.1) is 0 Å². The van der Waals surface area contributed by atoms with Crippen LogP contribution in [-0.2, 0) is 0 Å². The van der Waals surface area contributed by atoms with Crippen LogP contribution < -0.4 is 4.90 Å². The van der Waals surface area contributed by atoms with Crippen LogP contribution in [0, 0.1) is 18.3 Å². The van der Waals surface area contributed by atoms with E-state index < -0.39 is 0 Å². The Bertz CT molecular complexity index is 691. The number of hydrogen-bond donors (Lipinski definition) is 0. The van der Waals surface area contributed by atoms with Crippen LogP contribution >= 0.6 is 11.6 Å². The molecule has 0 spiro atoms. The molecule has 0 aliphatic carbocycles. The summed E-state index contributed by atoms with van der Waals surface area (Å²) in [6, 6.07) is 10.5. The Labute approximate surface area is 129 Å². The predicted molar refractivity (Wildman–Crippen MR) is 84.5 cm³/mol. The van der Waals surface area contributed by atoms with Crippen molar-refractivity contribution >= 4 is 17.3 Å². The van der Waals surface area contributed by atoms with Gasteiger partial charge in [0.25, 0.3) is 0 Å². The zero-order valence-corrected chi connectivity index (χ0v) is 12.6. The molecule has 3 nitrogen and oxygen atoms in total. The molecule has 1 atom stereocenters. The highest BCUT2D eigenvalue weighted by Crippen LogP contribution is 2.39. The van der Waals surface area contributed by atoms with E-state index in [1.54, 1.807) is 0 Å². The molecule has 0 N–H and O–H groups in total. The molecule has 1 fully saturated rings. The number of benzene rings is 1. The molecule has 1 unspecified atom stereocenters. The van der Waals surface area contributed by atoms with Gasteiger partial charge in [-0.1, -0.05) is 11.6 Å². The maximum atomic E-state index is 9.07. The maximum Gasteiger partial charge on any atom is 0.101 e. The van der Waals surface area contributed by atoms with Crippen molar-refractivity contribution in [3.05, 3.63) is 58.4 Å². The molecular weight excluding hydrogens is 282 g/mol. The number of aromatic nitrogens is 1. The van der Waals surface area contributed by atoms with Gasteiger partial charge in [0.1, 0.15) is 6.07 Å². The second-order valence-electron chi connectivity index (χ2n) is 5.32. The number of hydrogen-bond acceptors (Lipinski definition) is 3. The van der Waals surface area contributed by atoms with E-state index in [4.69, 9.17) is 16.9 Å². The maximum absolute atomic E-state index is 9.07. The quantitative estimate of drug-likeness (QED) is 0.831. The molecule has 1 aromatic carbocycles. The minimum Gasteiger partial charge on any atom is -0.364 e. The van der Waals surface area contributed by atoms with Crippen molar-refractivity contribution in [1.82, 2.24) is 4.98 Å². The fourth-order valence-electron chi connectivity index (χ4n) is 3.06. The van der Waals surface area contributed by atoms with Crippen LogP contribution in [-0.4, -0.2) is 11.5 Å². The van der Waals surface area contributed by atoms with Crippen LogP contribution in [0.15, 0.2) is 36.7 Å². The summed E-state index contributed by atoms with van der Waals surface area (Å²) in [5, 5.41) is 9.64. The Kier molecular flexibility index (Phi) is 3.81. The third-order valence-electron chi connectivity index (χ3n) is 4.13. The minimum atomic E-state index is 0.357. The van der Waals surface area contributed by atoms with E-state index in [2.05, 4.69) is 28.1 Å². The average molecular weight is 298 g/mol. The second-order valence-corrected chi connectivity index (χ2v) is 5.69. The number of halogens is 1. The monoisotopic (exact) mass is 297 g/mol. The van der Waals surface area contributed by atoms with E-state index in [0.717, 1.165) is 30.6 Å². The smallest absolute Gasteiger partial charge is 0.101 e. The molecule has 0 bridgehead atoms. The standard InChI is InChI=1S/C17H16ClN3/c1-12-15(5-4-14(11-19)17(12)18)21-10-2-3-16(21)13-6-8-20-9-7-13/h4-9,16H,2-3,10H2,1H3. The molecule has 4 heteroatoms. The van der Waals surface area contributed by atoms with Gasteiger partial charge in [-0.25, -0.2) is 0 Å². The molecule has 3 rings (SSSR count). The molecule has 106 valence electrons. The van der Waals surface area contributed by atoms with E-state index in [-0.39, 0.29) is 0 Å². The number of rotatable bonds is 2. The highest BCUT2D eigenvalue weighted by atomic mass is 35.5. The van der Waals surface area contributed by atoms with Crippen molar-refractivity contribution in [3.63, 3.8) is 0 Å². The van der Waals surface area contributed by atoms with Crippen LogP contribution in [0.4, 0.5) is 5.69 Å². The van der Waals surface area contributed by atoms with Crippen LogP contribution in [0.2, 0.25) is 5.02 Å². The summed E-state index contributed by atoms with van der Waals surface area (Å²) >= 11 is 6.31. The van der Waals surface area contributed by atoms with Gasteiger partial charge in [0.05, 0.1) is 16.6 Å². The lowest BCUT2D eigenvalue weighted by Gasteiger charge is -2.29. The Morgan fingerprint density at radius 3 is 2.76 bits per heavy atom. The minimum absolute atomic E-state index is 0.357. The molecule has 2 aromatic rings. The number of nitriles is 1. The largest absolute Gasteiger partial charge is 0.364 e. The summed E-state index contributed by atoms with van der Waals surface area (Å²) in [6.07, 6.45) is 5.96. The molecule has 0 saturated carbocycles. The Morgan fingerprint density at radius 1 is 1.29 bits per heavy atom. The van der Waals surface area contributed by atoms with Gasteiger partial charge in [-0.3, -0.25) is 4.98 Å². The zero-order valence-electron chi connectivity index (χ0n) is 11.9. The SMILES string of the molecule is Cc1c(N2CCCC2c2ccncc2)ccc(C#N)c1Cl. The fraction of sp³-hybridized carbons (Fsp3) is 0.294. The Morgan fingerprint density at radius 2 is 2.05 bits per heavy atom. The van der Waals surface area contributed by atoms with Gasteiger partial charge >= 0.3 is 0 Å². The lowest BCUT2D eigenvalue weighted by molar-refractivity contribution is 0.716. The number of pyridine rings is 1. The first-order valence-electron chi connectivity index (χ1n) is 7.08. The third-order valence-corrected chi connectivity index (χ3v) is 4.62. The molecule has 21 heavy (non-hydrogen) atoms. The van der Waals surface area contributed by atoms with Crippen molar-refractivity contribution in [2.45, 2.75) is 25.8 Å². The Balaban J connectivity index is 2.00. The molecule has 1 aromatic heterocycles. The first kappa shape index (κ1) is 13.9. The van der Waals surface area contributed by atoms with Gasteiger partial charge in [0, 0.05) is 24.6 Å². The number of anilines is 1. The lowest BCUT2D eigenvalue weighted by atomic mass is 10.0. The zero-order chi connectivity index (χ0) is 14.8. The van der Waals surface area contributed by atoms with Gasteiger partial charge < -0.3 is 4.90 Å². The van der Waals surface area contributed by atoms with Crippen molar-refractivity contribution < 1.29 is 0 Å². The lowest BCUT2D eigenvalue weighted by Crippen LogP contribution is -2.23. The molecular formula is C17H16ClN3. The highest BCUT2D eigenvalue weighted by Gasteiger charge is 2.27. The molecule has 1 saturated heterocycles. The van der Waals surface area contributed by atoms with Gasteiger partial charge in [-0.2, -0.15) is 5.26 Å². The third kappa shape index (κ3) is 2.48. The van der Waals surface area contributed by atoms with Crippen molar-refractivity contribution in [2.24, 2.45) is 0 Å². The number of nitrogens with zero attached hydrogens (tertiary/aromatic N) is 3. The molecule has 0 radical (unpaired) electrons. The van der Waals surface area contributed by atoms with Crippen molar-refractivity contribution in [2.75, 3.05) is 11.4 Å². The van der Waals surface area contributed by atoms with Crippen molar-refractivity contribution in [3.8, 4) is 6.07 Å². The summed E-state index contributed by atoms with van der Waals surface area (Å²) in [6.45, 7) is 3.00. The summed E-state index contributed by atoms with van der Waals surface area (Å²) in [5.74, 6) is 0. The van der Waals surface area contributed by atoms with E-state index in [1.807, 2.05) is 31.5 Å². The summed E-state index contributed by atoms with van der Waals surface area (Å²) in [5.41, 5.74) is 3.93. The van der Waals surface area contributed by atoms with Crippen molar-refractivity contribution in [1.29, 1.82) is 5.26 Å². The fourth-order valence-corrected chi connectivity index (χ4v) is 3.26. The van der Waals surface area contributed by atoms with Gasteiger partial charge in [-0.05, 0) is 55.2 Å². The van der Waals surface area contributed by atoms with Crippen LogP contribution in [0.25, 0.3) is 0 Å².